The standard InChI is InChI=1S/C23H24N6S/c1-2-6-18(7-3-1)29-15-13-28(14-16-29)12-11-25-21-19-9-17-30-23(19)27-22(26-21)20-8-4-5-10-24-20/h1-10,17H,11-16H2,(H,25,26,27). The van der Waals surface area contributed by atoms with E-state index in [2.05, 4.69) is 61.9 Å². The maximum absolute atomic E-state index is 4.77. The molecule has 0 unspecified atom stereocenters. The van der Waals surface area contributed by atoms with Crippen molar-refractivity contribution in [3.63, 3.8) is 0 Å². The average molecular weight is 417 g/mol. The molecule has 0 bridgehead atoms. The van der Waals surface area contributed by atoms with Crippen molar-refractivity contribution in [2.75, 3.05) is 49.5 Å². The van der Waals surface area contributed by atoms with E-state index >= 15 is 0 Å². The Morgan fingerprint density at radius 2 is 1.73 bits per heavy atom. The lowest BCUT2D eigenvalue weighted by atomic mass is 10.2. The molecule has 4 heterocycles. The van der Waals surface area contributed by atoms with Crippen LogP contribution in [0.4, 0.5) is 11.5 Å². The molecule has 6 nitrogen and oxygen atoms in total. The van der Waals surface area contributed by atoms with Gasteiger partial charge in [0.15, 0.2) is 5.82 Å². The molecule has 30 heavy (non-hydrogen) atoms. The maximum Gasteiger partial charge on any atom is 0.181 e. The lowest BCUT2D eigenvalue weighted by molar-refractivity contribution is 0.267. The zero-order valence-corrected chi connectivity index (χ0v) is 17.6. The molecule has 1 aliphatic heterocycles. The number of para-hydroxylation sites is 1. The summed E-state index contributed by atoms with van der Waals surface area (Å²) in [5.41, 5.74) is 2.12. The third-order valence-electron chi connectivity index (χ3n) is 5.43. The number of piperazine rings is 1. The number of fused-ring (bicyclic) bond motifs is 1. The first-order valence-corrected chi connectivity index (χ1v) is 11.2. The molecule has 0 radical (unpaired) electrons. The summed E-state index contributed by atoms with van der Waals surface area (Å²) in [5.74, 6) is 1.56. The Kier molecular flexibility index (Phi) is 5.54. The first kappa shape index (κ1) is 19.0. The highest BCUT2D eigenvalue weighted by Gasteiger charge is 2.17. The zero-order chi connectivity index (χ0) is 20.2. The number of hydrogen-bond donors (Lipinski definition) is 1. The number of nitrogens with one attached hydrogen (secondary N) is 1. The van der Waals surface area contributed by atoms with E-state index in [4.69, 9.17) is 9.97 Å². The van der Waals surface area contributed by atoms with Gasteiger partial charge in [0, 0.05) is 51.2 Å². The molecule has 0 saturated carbocycles. The van der Waals surface area contributed by atoms with Crippen molar-refractivity contribution >= 4 is 33.1 Å². The molecule has 1 N–H and O–H groups in total. The third kappa shape index (κ3) is 4.13. The Morgan fingerprint density at radius 1 is 0.900 bits per heavy atom. The molecule has 0 atom stereocenters. The summed E-state index contributed by atoms with van der Waals surface area (Å²) in [4.78, 5) is 19.8. The largest absolute Gasteiger partial charge is 0.369 e. The maximum atomic E-state index is 4.77. The number of pyridine rings is 1. The number of anilines is 2. The van der Waals surface area contributed by atoms with Crippen molar-refractivity contribution in [1.82, 2.24) is 19.9 Å². The van der Waals surface area contributed by atoms with Crippen molar-refractivity contribution in [1.29, 1.82) is 0 Å². The quantitative estimate of drug-likeness (QED) is 0.513. The van der Waals surface area contributed by atoms with Gasteiger partial charge in [-0.15, -0.1) is 11.3 Å². The van der Waals surface area contributed by atoms with Crippen LogP contribution in [0, 0.1) is 0 Å². The minimum Gasteiger partial charge on any atom is -0.369 e. The molecule has 7 heteroatoms. The summed E-state index contributed by atoms with van der Waals surface area (Å²) in [6.07, 6.45) is 1.78. The molecule has 4 aromatic rings. The summed E-state index contributed by atoms with van der Waals surface area (Å²) < 4.78 is 0. The normalized spacial score (nSPS) is 14.9. The van der Waals surface area contributed by atoms with Gasteiger partial charge in [-0.3, -0.25) is 9.88 Å². The topological polar surface area (TPSA) is 57.2 Å². The average Bonchev–Trinajstić information content (AvgIpc) is 3.30. The van der Waals surface area contributed by atoms with E-state index in [1.165, 1.54) is 5.69 Å². The van der Waals surface area contributed by atoms with E-state index in [-0.39, 0.29) is 0 Å². The van der Waals surface area contributed by atoms with Crippen molar-refractivity contribution < 1.29 is 0 Å². The van der Waals surface area contributed by atoms with Gasteiger partial charge in [-0.2, -0.15) is 0 Å². The highest BCUT2D eigenvalue weighted by molar-refractivity contribution is 7.16. The minimum atomic E-state index is 0.671. The van der Waals surface area contributed by atoms with Gasteiger partial charge in [0.25, 0.3) is 0 Å². The van der Waals surface area contributed by atoms with Crippen LogP contribution < -0.4 is 10.2 Å². The summed E-state index contributed by atoms with van der Waals surface area (Å²) >= 11 is 1.64. The number of hydrogen-bond acceptors (Lipinski definition) is 7. The number of nitrogens with zero attached hydrogens (tertiary/aromatic N) is 5. The van der Waals surface area contributed by atoms with Crippen LogP contribution in [0.5, 0.6) is 0 Å². The van der Waals surface area contributed by atoms with Crippen LogP contribution >= 0.6 is 11.3 Å². The Morgan fingerprint density at radius 3 is 2.53 bits per heavy atom. The summed E-state index contributed by atoms with van der Waals surface area (Å²) in [5, 5.41) is 6.69. The first-order chi connectivity index (χ1) is 14.9. The number of rotatable bonds is 6. The molecule has 152 valence electrons. The molecule has 1 aromatic carbocycles. The van der Waals surface area contributed by atoms with Crippen LogP contribution in [0.2, 0.25) is 0 Å². The molecule has 1 fully saturated rings. The highest BCUT2D eigenvalue weighted by atomic mass is 32.1. The Balaban J connectivity index is 1.21. The number of thiophene rings is 1. The van der Waals surface area contributed by atoms with Gasteiger partial charge >= 0.3 is 0 Å². The van der Waals surface area contributed by atoms with Gasteiger partial charge in [-0.1, -0.05) is 24.3 Å². The minimum absolute atomic E-state index is 0.671. The van der Waals surface area contributed by atoms with Gasteiger partial charge in [-0.25, -0.2) is 9.97 Å². The fourth-order valence-corrected chi connectivity index (χ4v) is 4.56. The van der Waals surface area contributed by atoms with E-state index in [1.54, 1.807) is 17.5 Å². The molecule has 0 spiro atoms. The molecule has 0 aliphatic carbocycles. The fourth-order valence-electron chi connectivity index (χ4n) is 3.80. The van der Waals surface area contributed by atoms with Crippen LogP contribution in [-0.2, 0) is 0 Å². The second-order valence-electron chi connectivity index (χ2n) is 7.34. The predicted octanol–water partition coefficient (Wildman–Crippen LogP) is 3.99. The Hall–Kier alpha value is -3.03. The second-order valence-corrected chi connectivity index (χ2v) is 8.24. The third-order valence-corrected chi connectivity index (χ3v) is 6.24. The number of benzene rings is 1. The lowest BCUT2D eigenvalue weighted by Crippen LogP contribution is -2.47. The van der Waals surface area contributed by atoms with Gasteiger partial charge in [0.2, 0.25) is 0 Å². The molecule has 1 aliphatic rings. The smallest absolute Gasteiger partial charge is 0.181 e. The molecular formula is C23H24N6S. The van der Waals surface area contributed by atoms with Crippen LogP contribution in [-0.4, -0.2) is 59.1 Å². The monoisotopic (exact) mass is 416 g/mol. The Bertz CT molecular complexity index is 1090. The van der Waals surface area contributed by atoms with Crippen LogP contribution in [0.1, 0.15) is 0 Å². The molecule has 5 rings (SSSR count). The molecule has 3 aromatic heterocycles. The number of aromatic nitrogens is 3. The van der Waals surface area contributed by atoms with Crippen molar-refractivity contribution in [3.8, 4) is 11.5 Å². The fraction of sp³-hybridized carbons (Fsp3) is 0.261. The van der Waals surface area contributed by atoms with Gasteiger partial charge < -0.3 is 10.2 Å². The molecular weight excluding hydrogens is 392 g/mol. The summed E-state index contributed by atoms with van der Waals surface area (Å²) in [6.45, 7) is 6.14. The SMILES string of the molecule is c1ccc(N2CCN(CCNc3nc(-c4ccccn4)nc4sccc34)CC2)cc1. The van der Waals surface area contributed by atoms with Crippen LogP contribution in [0.25, 0.3) is 21.7 Å². The summed E-state index contributed by atoms with van der Waals surface area (Å²) in [7, 11) is 0. The van der Waals surface area contributed by atoms with Gasteiger partial charge in [-0.05, 0) is 35.7 Å². The van der Waals surface area contributed by atoms with E-state index in [0.717, 1.165) is 61.0 Å². The van der Waals surface area contributed by atoms with Gasteiger partial charge in [0.1, 0.15) is 16.3 Å². The van der Waals surface area contributed by atoms with E-state index < -0.39 is 0 Å². The van der Waals surface area contributed by atoms with Gasteiger partial charge in [0.05, 0.1) is 5.39 Å². The second kappa shape index (κ2) is 8.77. The van der Waals surface area contributed by atoms with Crippen molar-refractivity contribution in [2.45, 2.75) is 0 Å². The van der Waals surface area contributed by atoms with E-state index in [1.807, 2.05) is 18.2 Å². The van der Waals surface area contributed by atoms with E-state index in [9.17, 15) is 0 Å². The first-order valence-electron chi connectivity index (χ1n) is 10.3. The summed E-state index contributed by atoms with van der Waals surface area (Å²) in [6, 6.07) is 18.6. The van der Waals surface area contributed by atoms with E-state index in [0.29, 0.717) is 5.82 Å². The van der Waals surface area contributed by atoms with Crippen LogP contribution in [0.3, 0.4) is 0 Å². The van der Waals surface area contributed by atoms with Crippen LogP contribution in [0.15, 0.2) is 66.2 Å². The zero-order valence-electron chi connectivity index (χ0n) is 16.7. The lowest BCUT2D eigenvalue weighted by Gasteiger charge is -2.36. The highest BCUT2D eigenvalue weighted by Crippen LogP contribution is 2.27. The van der Waals surface area contributed by atoms with Crippen molar-refractivity contribution in [2.24, 2.45) is 0 Å². The van der Waals surface area contributed by atoms with Crippen molar-refractivity contribution in [3.05, 3.63) is 66.2 Å². The Labute approximate surface area is 180 Å². The predicted molar refractivity (Wildman–Crippen MR) is 124 cm³/mol. The molecule has 0 amide bonds. The molecule has 1 saturated heterocycles.